The lowest BCUT2D eigenvalue weighted by atomic mass is 9.79. The molecule has 0 aromatic heterocycles. The van der Waals surface area contributed by atoms with Gasteiger partial charge in [-0.1, -0.05) is 39.0 Å². The summed E-state index contributed by atoms with van der Waals surface area (Å²) >= 11 is 0. The maximum Gasteiger partial charge on any atom is 0.180 e. The highest BCUT2D eigenvalue weighted by atomic mass is 16.7. The van der Waals surface area contributed by atoms with Crippen LogP contribution in [0.5, 0.6) is 0 Å². The van der Waals surface area contributed by atoms with Crippen molar-refractivity contribution in [3.63, 3.8) is 0 Å². The van der Waals surface area contributed by atoms with Crippen LogP contribution >= 0.6 is 0 Å². The van der Waals surface area contributed by atoms with Gasteiger partial charge in [-0.15, -0.1) is 0 Å². The molecule has 1 unspecified atom stereocenters. The van der Waals surface area contributed by atoms with Gasteiger partial charge in [0.2, 0.25) is 0 Å². The fourth-order valence-electron chi connectivity index (χ4n) is 12.9. The first-order valence-corrected chi connectivity index (χ1v) is 25.5. The fraction of sp³-hybridized carbons (Fsp3) is 0.959. The Hall–Kier alpha value is -1.06. The number of likely N-dealkylation sites (tertiary alicyclic amines) is 3. The molecule has 5 N–H and O–H groups in total. The van der Waals surface area contributed by atoms with Crippen LogP contribution in [0.25, 0.3) is 0 Å². The summed E-state index contributed by atoms with van der Waals surface area (Å²) in [5.41, 5.74) is 2.60. The standard InChI is InChI=1S/C9H15NO.C9H17NO.2C8H16N2.C8H14O2.C7H14N2/c1-8-10-7-9(11-8)5-3-2-4-6-9;1-2-4-9(5-3-1)8-11-7-6-10-9;1-10-5-3-8(7-10)2-4-9-6-8;1-2-10-6-8(7-10)3-4-9-5-8;1-2-4-8(5-3-1)9-6-7-10-8;1-9-5-7(6-9)2-3-8-4-7/h10H,1-7H2;10H,1-8H2;2*9H,2-7H2,1H3;1-7H2;8H,2-6H2,1H3. The molecule has 12 rings (SSSR count). The van der Waals surface area contributed by atoms with Crippen molar-refractivity contribution in [2.75, 3.05) is 139 Å². The molecular formula is C49H92N8O4. The Bertz CT molecular complexity index is 1230. The van der Waals surface area contributed by atoms with Crippen LogP contribution in [-0.2, 0) is 18.9 Å². The summed E-state index contributed by atoms with van der Waals surface area (Å²) < 4.78 is 22.3. The monoisotopic (exact) mass is 857 g/mol. The molecule has 0 radical (unpaired) electrons. The third-order valence-electron chi connectivity index (χ3n) is 16.5. The second-order valence-electron chi connectivity index (χ2n) is 21.9. The highest BCUT2D eigenvalue weighted by Crippen LogP contribution is 2.38. The largest absolute Gasteiger partial charge is 0.471 e. The average molecular weight is 857 g/mol. The number of nitrogens with zero attached hydrogens (tertiary/aromatic N) is 3. The first-order valence-electron chi connectivity index (χ1n) is 25.5. The zero-order valence-corrected chi connectivity index (χ0v) is 39.6. The van der Waals surface area contributed by atoms with Gasteiger partial charge < -0.3 is 60.2 Å². The van der Waals surface area contributed by atoms with Crippen LogP contribution in [0.2, 0.25) is 0 Å². The van der Waals surface area contributed by atoms with Gasteiger partial charge in [-0.25, -0.2) is 0 Å². The van der Waals surface area contributed by atoms with E-state index >= 15 is 0 Å². The summed E-state index contributed by atoms with van der Waals surface area (Å²) in [5.74, 6) is 0.644. The van der Waals surface area contributed by atoms with Crippen molar-refractivity contribution in [3.8, 4) is 0 Å². The quantitative estimate of drug-likeness (QED) is 0.237. The topological polar surface area (TPSA) is 107 Å². The Labute approximate surface area is 372 Å². The third kappa shape index (κ3) is 13.5. The second kappa shape index (κ2) is 22.4. The van der Waals surface area contributed by atoms with E-state index in [1.807, 2.05) is 0 Å². The van der Waals surface area contributed by atoms with Crippen molar-refractivity contribution < 1.29 is 18.9 Å². The molecular weight excluding hydrogens is 765 g/mol. The first kappa shape index (κ1) is 47.9. The van der Waals surface area contributed by atoms with Gasteiger partial charge in [-0.05, 0) is 136 Å². The summed E-state index contributed by atoms with van der Waals surface area (Å²) in [6.45, 7) is 28.2. The highest BCUT2D eigenvalue weighted by molar-refractivity contribution is 5.02. The van der Waals surface area contributed by atoms with Gasteiger partial charge in [0, 0.05) is 88.1 Å². The van der Waals surface area contributed by atoms with Gasteiger partial charge in [0.25, 0.3) is 0 Å². The lowest BCUT2D eigenvalue weighted by Gasteiger charge is -2.47. The van der Waals surface area contributed by atoms with Crippen molar-refractivity contribution in [1.29, 1.82) is 0 Å². The van der Waals surface area contributed by atoms with Crippen LogP contribution < -0.4 is 26.6 Å². The number of morpholine rings is 1. The Morgan fingerprint density at radius 3 is 1.56 bits per heavy atom. The molecule has 12 nitrogen and oxygen atoms in total. The second-order valence-corrected chi connectivity index (χ2v) is 21.9. The van der Waals surface area contributed by atoms with Crippen molar-refractivity contribution >= 4 is 0 Å². The predicted molar refractivity (Wildman–Crippen MR) is 248 cm³/mol. The Morgan fingerprint density at radius 1 is 0.557 bits per heavy atom. The van der Waals surface area contributed by atoms with Crippen LogP contribution in [0.4, 0.5) is 0 Å². The summed E-state index contributed by atoms with van der Waals surface area (Å²) in [4.78, 5) is 7.37. The maximum atomic E-state index is 5.68. The van der Waals surface area contributed by atoms with E-state index in [1.54, 1.807) is 0 Å². The number of hydrogen-bond acceptors (Lipinski definition) is 12. The molecule has 0 bridgehead atoms. The zero-order valence-electron chi connectivity index (χ0n) is 39.6. The molecule has 12 aliphatic rings. The van der Waals surface area contributed by atoms with Gasteiger partial charge in [-0.3, -0.25) is 0 Å². The van der Waals surface area contributed by atoms with Crippen molar-refractivity contribution in [3.05, 3.63) is 12.5 Å². The van der Waals surface area contributed by atoms with Gasteiger partial charge >= 0.3 is 0 Å². The van der Waals surface area contributed by atoms with Crippen LogP contribution in [0.1, 0.15) is 129 Å². The summed E-state index contributed by atoms with van der Waals surface area (Å²) in [6.07, 6.45) is 25.0. The van der Waals surface area contributed by atoms with Gasteiger partial charge in [0.15, 0.2) is 11.7 Å². The van der Waals surface area contributed by atoms with Crippen molar-refractivity contribution in [2.24, 2.45) is 16.2 Å². The van der Waals surface area contributed by atoms with Gasteiger partial charge in [0.05, 0.1) is 33.0 Å². The number of nitrogens with one attached hydrogen (secondary N) is 5. The van der Waals surface area contributed by atoms with Crippen LogP contribution in [0, 0.1) is 16.2 Å². The van der Waals surface area contributed by atoms with E-state index < -0.39 is 0 Å². The minimum absolute atomic E-state index is 0.127. The Balaban J connectivity index is 0.000000110. The third-order valence-corrected chi connectivity index (χ3v) is 16.5. The fourth-order valence-corrected chi connectivity index (χ4v) is 12.9. The molecule has 9 heterocycles. The minimum atomic E-state index is -0.127. The van der Waals surface area contributed by atoms with Gasteiger partial charge in [0.1, 0.15) is 5.60 Å². The summed E-state index contributed by atoms with van der Waals surface area (Å²) in [5, 5.41) is 17.1. The van der Waals surface area contributed by atoms with Gasteiger partial charge in [-0.2, -0.15) is 0 Å². The molecule has 3 saturated carbocycles. The molecule has 61 heavy (non-hydrogen) atoms. The van der Waals surface area contributed by atoms with Crippen LogP contribution in [0.15, 0.2) is 12.5 Å². The molecule has 0 amide bonds. The SMILES string of the molecule is C1CCC2(CC1)COCCN2.C1CCC2(CC1)OCCO2.C=C1NCC2(CCCCC2)O1.CCN1CC2(CCNC2)C1.CN1CC2(CCNC2)C1.CN1CCC2(CCNC2)C1. The zero-order chi connectivity index (χ0) is 42.5. The van der Waals surface area contributed by atoms with E-state index in [4.69, 9.17) is 18.9 Å². The predicted octanol–water partition coefficient (Wildman–Crippen LogP) is 5.30. The van der Waals surface area contributed by atoms with Crippen LogP contribution in [0.3, 0.4) is 0 Å². The normalized spacial score (nSPS) is 32.5. The molecule has 6 spiro atoms. The molecule has 12 fully saturated rings. The maximum absolute atomic E-state index is 5.68. The molecule has 3 aliphatic carbocycles. The first-order chi connectivity index (χ1) is 29.6. The molecule has 0 aromatic carbocycles. The smallest absolute Gasteiger partial charge is 0.180 e. The molecule has 352 valence electrons. The Morgan fingerprint density at radius 2 is 1.10 bits per heavy atom. The molecule has 9 aliphatic heterocycles. The number of ether oxygens (including phenoxy) is 4. The molecule has 12 heteroatoms. The molecule has 0 aromatic rings. The minimum Gasteiger partial charge on any atom is -0.471 e. The molecule has 1 atom stereocenters. The molecule has 9 saturated heterocycles. The van der Waals surface area contributed by atoms with Crippen molar-refractivity contribution in [2.45, 2.75) is 146 Å². The van der Waals surface area contributed by atoms with Crippen molar-refractivity contribution in [1.82, 2.24) is 41.3 Å². The van der Waals surface area contributed by atoms with E-state index in [2.05, 4.69) is 68.9 Å². The summed E-state index contributed by atoms with van der Waals surface area (Å²) in [7, 11) is 4.43. The Kier molecular flexibility index (Phi) is 17.6. The number of rotatable bonds is 1. The van der Waals surface area contributed by atoms with E-state index in [0.29, 0.717) is 21.8 Å². The van der Waals surface area contributed by atoms with E-state index in [0.717, 1.165) is 58.2 Å². The van der Waals surface area contributed by atoms with E-state index in [1.165, 1.54) is 194 Å². The highest BCUT2D eigenvalue weighted by Gasteiger charge is 2.45. The lowest BCUT2D eigenvalue weighted by Crippen LogP contribution is -2.56. The average Bonchev–Trinajstić information content (AvgIpc) is 4.14. The van der Waals surface area contributed by atoms with E-state index in [-0.39, 0.29) is 11.4 Å². The number of hydrogen-bond donors (Lipinski definition) is 5. The summed E-state index contributed by atoms with van der Waals surface area (Å²) in [6, 6.07) is 0. The van der Waals surface area contributed by atoms with Crippen LogP contribution in [-0.4, -0.2) is 170 Å². The lowest BCUT2D eigenvalue weighted by molar-refractivity contribution is -0.176. The van der Waals surface area contributed by atoms with E-state index in [9.17, 15) is 0 Å².